The first-order valence-electron chi connectivity index (χ1n) is 6.12. The normalized spacial score (nSPS) is 19.4. The van der Waals surface area contributed by atoms with Crippen molar-refractivity contribution in [1.29, 1.82) is 0 Å². The first-order chi connectivity index (χ1) is 7.70. The maximum atomic E-state index is 5.89. The smallest absolute Gasteiger partial charge is 0.0406 e. The van der Waals surface area contributed by atoms with Gasteiger partial charge in [0, 0.05) is 11.1 Å². The summed E-state index contributed by atoms with van der Waals surface area (Å²) < 4.78 is 0. The fourth-order valence-corrected chi connectivity index (χ4v) is 2.50. The summed E-state index contributed by atoms with van der Waals surface area (Å²) in [4.78, 5) is 0. The molecule has 1 aromatic carbocycles. The molecule has 0 aliphatic heterocycles. The maximum Gasteiger partial charge on any atom is 0.0406 e. The molecule has 0 aromatic heterocycles. The summed E-state index contributed by atoms with van der Waals surface area (Å²) >= 11 is 5.89. The van der Waals surface area contributed by atoms with Crippen molar-refractivity contribution in [3.8, 4) is 0 Å². The van der Waals surface area contributed by atoms with E-state index in [0.717, 1.165) is 23.3 Å². The molecule has 88 valence electrons. The van der Waals surface area contributed by atoms with Crippen LogP contribution in [0.2, 0.25) is 5.02 Å². The number of hydrogen-bond acceptors (Lipinski definition) is 1. The molecule has 0 saturated heterocycles. The molecule has 2 rings (SSSR count). The zero-order valence-electron chi connectivity index (χ0n) is 10.0. The third-order valence-electron chi connectivity index (χ3n) is 3.74. The van der Waals surface area contributed by atoms with Crippen LogP contribution in [0.5, 0.6) is 0 Å². The van der Waals surface area contributed by atoms with Crippen molar-refractivity contribution in [3.05, 3.63) is 34.9 Å². The number of hydrogen-bond donors (Lipinski definition) is 1. The van der Waals surface area contributed by atoms with Crippen LogP contribution in [0.4, 0.5) is 0 Å². The fourth-order valence-electron chi connectivity index (χ4n) is 2.38. The van der Waals surface area contributed by atoms with Crippen LogP contribution in [0.1, 0.15) is 25.3 Å². The van der Waals surface area contributed by atoms with Gasteiger partial charge in [-0.1, -0.05) is 30.7 Å². The number of nitrogens with one attached hydrogen (secondary N) is 1. The third kappa shape index (κ3) is 2.99. The van der Waals surface area contributed by atoms with E-state index in [4.69, 9.17) is 11.6 Å². The maximum absolute atomic E-state index is 5.89. The molecule has 1 aromatic rings. The third-order valence-corrected chi connectivity index (χ3v) is 3.99. The van der Waals surface area contributed by atoms with Gasteiger partial charge in [0.2, 0.25) is 0 Å². The van der Waals surface area contributed by atoms with Crippen molar-refractivity contribution in [2.45, 2.75) is 32.2 Å². The number of rotatable bonds is 5. The molecule has 2 heteroatoms. The molecule has 1 fully saturated rings. The molecule has 16 heavy (non-hydrogen) atoms. The van der Waals surface area contributed by atoms with Crippen molar-refractivity contribution in [3.63, 3.8) is 0 Å². The zero-order chi connectivity index (χ0) is 11.5. The van der Waals surface area contributed by atoms with Gasteiger partial charge in [0.25, 0.3) is 0 Å². The van der Waals surface area contributed by atoms with Crippen LogP contribution in [-0.4, -0.2) is 13.1 Å². The Balaban J connectivity index is 1.97. The first kappa shape index (κ1) is 11.9. The van der Waals surface area contributed by atoms with Gasteiger partial charge in [0.05, 0.1) is 0 Å². The van der Waals surface area contributed by atoms with E-state index in [1.807, 2.05) is 12.1 Å². The van der Waals surface area contributed by atoms with E-state index in [9.17, 15) is 0 Å². The van der Waals surface area contributed by atoms with E-state index < -0.39 is 0 Å². The molecule has 1 aliphatic carbocycles. The molecule has 0 radical (unpaired) electrons. The minimum absolute atomic E-state index is 0.591. The number of halogens is 1. The zero-order valence-corrected chi connectivity index (χ0v) is 10.8. The van der Waals surface area contributed by atoms with E-state index in [0.29, 0.717) is 6.04 Å². The van der Waals surface area contributed by atoms with Crippen molar-refractivity contribution in [1.82, 2.24) is 5.32 Å². The van der Waals surface area contributed by atoms with Crippen LogP contribution in [0.15, 0.2) is 24.3 Å². The number of benzene rings is 1. The summed E-state index contributed by atoms with van der Waals surface area (Å²) in [6, 6.07) is 8.81. The predicted octanol–water partition coefficient (Wildman–Crippen LogP) is 3.52. The van der Waals surface area contributed by atoms with Crippen LogP contribution >= 0.6 is 11.6 Å². The lowest BCUT2D eigenvalue weighted by Crippen LogP contribution is -2.35. The Labute approximate surface area is 103 Å². The summed E-state index contributed by atoms with van der Waals surface area (Å²) in [5.74, 6) is 1.73. The predicted molar refractivity (Wildman–Crippen MR) is 69.9 cm³/mol. The van der Waals surface area contributed by atoms with Gasteiger partial charge in [0.15, 0.2) is 0 Å². The van der Waals surface area contributed by atoms with Gasteiger partial charge in [-0.3, -0.25) is 0 Å². The van der Waals surface area contributed by atoms with E-state index in [2.05, 4.69) is 31.4 Å². The van der Waals surface area contributed by atoms with Crippen LogP contribution in [-0.2, 0) is 6.42 Å². The average molecular weight is 238 g/mol. The molecule has 2 unspecified atom stereocenters. The molecule has 1 N–H and O–H groups in total. The minimum Gasteiger partial charge on any atom is -0.316 e. The summed E-state index contributed by atoms with van der Waals surface area (Å²) in [7, 11) is 2.07. The molecule has 2 atom stereocenters. The molecule has 1 aliphatic rings. The molecule has 0 amide bonds. The highest BCUT2D eigenvalue weighted by molar-refractivity contribution is 6.30. The molecule has 0 heterocycles. The van der Waals surface area contributed by atoms with Gasteiger partial charge in [-0.15, -0.1) is 0 Å². The second-order valence-electron chi connectivity index (χ2n) is 4.92. The molecule has 1 saturated carbocycles. The minimum atomic E-state index is 0.591. The Morgan fingerprint density at radius 1 is 1.31 bits per heavy atom. The molecular formula is C14H20ClN. The molecular weight excluding hydrogens is 218 g/mol. The lowest BCUT2D eigenvalue weighted by atomic mass is 9.91. The van der Waals surface area contributed by atoms with Crippen LogP contribution in [0.25, 0.3) is 0 Å². The van der Waals surface area contributed by atoms with Gasteiger partial charge >= 0.3 is 0 Å². The fraction of sp³-hybridized carbons (Fsp3) is 0.571. The van der Waals surface area contributed by atoms with Gasteiger partial charge in [-0.25, -0.2) is 0 Å². The largest absolute Gasteiger partial charge is 0.316 e. The molecule has 0 bridgehead atoms. The Morgan fingerprint density at radius 3 is 2.44 bits per heavy atom. The second-order valence-corrected chi connectivity index (χ2v) is 5.36. The molecule has 1 nitrogen and oxygen atoms in total. The van der Waals surface area contributed by atoms with Crippen LogP contribution in [0, 0.1) is 11.8 Å². The van der Waals surface area contributed by atoms with Gasteiger partial charge in [-0.05, 0) is 55.8 Å². The average Bonchev–Trinajstić information content (AvgIpc) is 3.11. The van der Waals surface area contributed by atoms with Crippen LogP contribution < -0.4 is 5.32 Å². The van der Waals surface area contributed by atoms with Crippen molar-refractivity contribution < 1.29 is 0 Å². The lowest BCUT2D eigenvalue weighted by molar-refractivity contribution is 0.358. The Hall–Kier alpha value is -0.530. The van der Waals surface area contributed by atoms with E-state index in [1.165, 1.54) is 18.4 Å². The van der Waals surface area contributed by atoms with Gasteiger partial charge in [0.1, 0.15) is 0 Å². The Kier molecular flexibility index (Phi) is 3.88. The monoisotopic (exact) mass is 237 g/mol. The Bertz CT molecular complexity index is 329. The van der Waals surface area contributed by atoms with Gasteiger partial charge in [-0.2, -0.15) is 0 Å². The van der Waals surface area contributed by atoms with Crippen LogP contribution in [0.3, 0.4) is 0 Å². The summed E-state index contributed by atoms with van der Waals surface area (Å²) in [6.07, 6.45) is 3.94. The van der Waals surface area contributed by atoms with Gasteiger partial charge < -0.3 is 5.32 Å². The van der Waals surface area contributed by atoms with Crippen molar-refractivity contribution in [2.75, 3.05) is 7.05 Å². The molecule has 0 spiro atoms. The highest BCUT2D eigenvalue weighted by Gasteiger charge is 2.32. The highest BCUT2D eigenvalue weighted by Crippen LogP contribution is 2.38. The summed E-state index contributed by atoms with van der Waals surface area (Å²) in [6.45, 7) is 2.37. The van der Waals surface area contributed by atoms with E-state index in [1.54, 1.807) is 0 Å². The lowest BCUT2D eigenvalue weighted by Gasteiger charge is -2.23. The Morgan fingerprint density at radius 2 is 1.94 bits per heavy atom. The SMILES string of the molecule is CNC(Cc1ccc(Cl)cc1)C(C)C1CC1. The second kappa shape index (κ2) is 5.20. The summed E-state index contributed by atoms with van der Waals surface area (Å²) in [5.41, 5.74) is 1.37. The van der Waals surface area contributed by atoms with Crippen molar-refractivity contribution in [2.24, 2.45) is 11.8 Å². The highest BCUT2D eigenvalue weighted by atomic mass is 35.5. The number of likely N-dealkylation sites (N-methyl/N-ethyl adjacent to an activating group) is 1. The topological polar surface area (TPSA) is 12.0 Å². The quantitative estimate of drug-likeness (QED) is 0.827. The van der Waals surface area contributed by atoms with E-state index >= 15 is 0 Å². The summed E-state index contributed by atoms with van der Waals surface area (Å²) in [5, 5.41) is 4.27. The van der Waals surface area contributed by atoms with Crippen molar-refractivity contribution >= 4 is 11.6 Å². The van der Waals surface area contributed by atoms with E-state index in [-0.39, 0.29) is 0 Å². The first-order valence-corrected chi connectivity index (χ1v) is 6.50. The standard InChI is InChI=1S/C14H20ClN/c1-10(12-5-6-12)14(16-2)9-11-3-7-13(15)8-4-11/h3-4,7-8,10,12,14,16H,5-6,9H2,1-2H3.